The van der Waals surface area contributed by atoms with Crippen LogP contribution in [0.4, 0.5) is 0 Å². The first-order valence-electron chi connectivity index (χ1n) is 6.95. The van der Waals surface area contributed by atoms with Gasteiger partial charge in [0.1, 0.15) is 0 Å². The molecule has 100 valence electrons. The van der Waals surface area contributed by atoms with E-state index in [0.29, 0.717) is 6.04 Å². The highest BCUT2D eigenvalue weighted by Crippen LogP contribution is 2.11. The van der Waals surface area contributed by atoms with Crippen molar-refractivity contribution in [3.63, 3.8) is 0 Å². The van der Waals surface area contributed by atoms with E-state index in [0.717, 1.165) is 13.1 Å². The number of hydrogen-bond acceptors (Lipinski definition) is 2. The van der Waals surface area contributed by atoms with Crippen LogP contribution in [0, 0.1) is 3.57 Å². The molecule has 18 heavy (non-hydrogen) atoms. The second-order valence-electron chi connectivity index (χ2n) is 5.20. The van der Waals surface area contributed by atoms with Crippen LogP contribution in [0.1, 0.15) is 31.7 Å². The van der Waals surface area contributed by atoms with Gasteiger partial charge in [-0.3, -0.25) is 4.90 Å². The van der Waals surface area contributed by atoms with Gasteiger partial charge in [0.15, 0.2) is 0 Å². The Hall–Kier alpha value is -0.130. The number of rotatable bonds is 5. The lowest BCUT2D eigenvalue weighted by Crippen LogP contribution is -2.42. The second-order valence-corrected chi connectivity index (χ2v) is 6.45. The number of nitrogens with one attached hydrogen (secondary N) is 1. The number of piperidine rings is 1. The zero-order chi connectivity index (χ0) is 12.8. The number of likely N-dealkylation sites (tertiary alicyclic amines) is 1. The third-order valence-corrected chi connectivity index (χ3v) is 4.42. The zero-order valence-corrected chi connectivity index (χ0v) is 13.3. The maximum atomic E-state index is 3.57. The van der Waals surface area contributed by atoms with Crippen molar-refractivity contribution in [2.75, 3.05) is 19.6 Å². The predicted octanol–water partition coefficient (Wildman–Crippen LogP) is 3.26. The van der Waals surface area contributed by atoms with E-state index >= 15 is 0 Å². The standard InChI is InChI=1S/C15H23IN2/c1-13(18-9-3-2-4-10-18)11-17-12-14-5-7-15(16)8-6-14/h5-8,13,17H,2-4,9-12H2,1H3. The topological polar surface area (TPSA) is 15.3 Å². The molecule has 0 aromatic heterocycles. The smallest absolute Gasteiger partial charge is 0.0206 e. The van der Waals surface area contributed by atoms with Crippen LogP contribution in [0.5, 0.6) is 0 Å². The van der Waals surface area contributed by atoms with Gasteiger partial charge < -0.3 is 5.32 Å². The van der Waals surface area contributed by atoms with Crippen molar-refractivity contribution in [2.45, 2.75) is 38.8 Å². The first kappa shape index (κ1) is 14.3. The van der Waals surface area contributed by atoms with Gasteiger partial charge in [0.25, 0.3) is 0 Å². The van der Waals surface area contributed by atoms with Gasteiger partial charge in [-0.25, -0.2) is 0 Å². The lowest BCUT2D eigenvalue weighted by Gasteiger charge is -2.32. The van der Waals surface area contributed by atoms with Gasteiger partial charge in [-0.15, -0.1) is 0 Å². The van der Waals surface area contributed by atoms with E-state index in [1.165, 1.54) is 41.5 Å². The molecule has 0 spiro atoms. The zero-order valence-electron chi connectivity index (χ0n) is 11.2. The molecule has 0 aliphatic carbocycles. The van der Waals surface area contributed by atoms with Crippen molar-refractivity contribution < 1.29 is 0 Å². The quantitative estimate of drug-likeness (QED) is 0.813. The molecule has 1 saturated heterocycles. The van der Waals surface area contributed by atoms with E-state index in [2.05, 4.69) is 64.0 Å². The normalized spacial score (nSPS) is 18.8. The summed E-state index contributed by atoms with van der Waals surface area (Å²) < 4.78 is 1.30. The van der Waals surface area contributed by atoms with Crippen molar-refractivity contribution in [2.24, 2.45) is 0 Å². The molecule has 2 nitrogen and oxygen atoms in total. The molecule has 0 radical (unpaired) electrons. The largest absolute Gasteiger partial charge is 0.311 e. The van der Waals surface area contributed by atoms with Crippen LogP contribution in [0.25, 0.3) is 0 Å². The van der Waals surface area contributed by atoms with E-state index in [1.54, 1.807) is 0 Å². The highest BCUT2D eigenvalue weighted by Gasteiger charge is 2.15. The first-order chi connectivity index (χ1) is 8.75. The summed E-state index contributed by atoms with van der Waals surface area (Å²) in [5, 5.41) is 3.57. The summed E-state index contributed by atoms with van der Waals surface area (Å²) in [5.41, 5.74) is 1.38. The monoisotopic (exact) mass is 358 g/mol. The minimum Gasteiger partial charge on any atom is -0.311 e. The van der Waals surface area contributed by atoms with Crippen LogP contribution in [-0.4, -0.2) is 30.6 Å². The summed E-state index contributed by atoms with van der Waals surface area (Å²) >= 11 is 2.35. The maximum Gasteiger partial charge on any atom is 0.0206 e. The summed E-state index contributed by atoms with van der Waals surface area (Å²) in [5.74, 6) is 0. The first-order valence-corrected chi connectivity index (χ1v) is 8.03. The highest BCUT2D eigenvalue weighted by molar-refractivity contribution is 14.1. The van der Waals surface area contributed by atoms with Gasteiger partial charge in [-0.05, 0) is 73.1 Å². The van der Waals surface area contributed by atoms with Crippen LogP contribution in [0.2, 0.25) is 0 Å². The molecule has 3 heteroatoms. The number of nitrogens with zero attached hydrogens (tertiary/aromatic N) is 1. The van der Waals surface area contributed by atoms with Crippen molar-refractivity contribution >= 4 is 22.6 Å². The Balaban J connectivity index is 1.69. The van der Waals surface area contributed by atoms with Crippen LogP contribution >= 0.6 is 22.6 Å². The molecule has 1 aromatic carbocycles. The molecule has 0 bridgehead atoms. The third-order valence-electron chi connectivity index (χ3n) is 3.70. The van der Waals surface area contributed by atoms with Gasteiger partial charge in [-0.1, -0.05) is 18.6 Å². The van der Waals surface area contributed by atoms with Crippen LogP contribution in [0.15, 0.2) is 24.3 Å². The minimum absolute atomic E-state index is 0.661. The number of hydrogen-bond donors (Lipinski definition) is 1. The summed E-state index contributed by atoms with van der Waals surface area (Å²) in [6.07, 6.45) is 4.17. The molecule has 1 fully saturated rings. The Kier molecular flexibility index (Phi) is 5.92. The fraction of sp³-hybridized carbons (Fsp3) is 0.600. The van der Waals surface area contributed by atoms with Gasteiger partial charge in [0.2, 0.25) is 0 Å². The van der Waals surface area contributed by atoms with Gasteiger partial charge in [0.05, 0.1) is 0 Å². The van der Waals surface area contributed by atoms with Gasteiger partial charge >= 0.3 is 0 Å². The fourth-order valence-corrected chi connectivity index (χ4v) is 2.88. The SMILES string of the molecule is CC(CNCc1ccc(I)cc1)N1CCCCC1. The van der Waals surface area contributed by atoms with Gasteiger partial charge in [0, 0.05) is 22.7 Å². The maximum absolute atomic E-state index is 3.57. The molecule has 1 aliphatic heterocycles. The van der Waals surface area contributed by atoms with Crippen molar-refractivity contribution in [1.82, 2.24) is 10.2 Å². The van der Waals surface area contributed by atoms with Crippen molar-refractivity contribution in [1.29, 1.82) is 0 Å². The summed E-state index contributed by atoms with van der Waals surface area (Å²) in [6, 6.07) is 9.42. The molecular weight excluding hydrogens is 335 g/mol. The lowest BCUT2D eigenvalue weighted by atomic mass is 10.1. The van der Waals surface area contributed by atoms with E-state index in [9.17, 15) is 0 Å². The molecule has 1 aliphatic rings. The van der Waals surface area contributed by atoms with Crippen molar-refractivity contribution in [3.8, 4) is 0 Å². The highest BCUT2D eigenvalue weighted by atomic mass is 127. The fourth-order valence-electron chi connectivity index (χ4n) is 2.52. The summed E-state index contributed by atoms with van der Waals surface area (Å²) in [7, 11) is 0. The van der Waals surface area contributed by atoms with E-state index < -0.39 is 0 Å². The molecule has 1 aromatic rings. The number of halogens is 1. The Labute approximate surface area is 124 Å². The molecule has 0 amide bonds. The molecule has 1 heterocycles. The van der Waals surface area contributed by atoms with Crippen LogP contribution < -0.4 is 5.32 Å². The number of benzene rings is 1. The average Bonchev–Trinajstić information content (AvgIpc) is 2.42. The summed E-state index contributed by atoms with van der Waals surface area (Å²) in [6.45, 7) is 6.98. The second kappa shape index (κ2) is 7.46. The Morgan fingerprint density at radius 2 is 1.83 bits per heavy atom. The molecule has 1 atom stereocenters. The van der Waals surface area contributed by atoms with E-state index in [-0.39, 0.29) is 0 Å². The summed E-state index contributed by atoms with van der Waals surface area (Å²) in [4.78, 5) is 2.62. The van der Waals surface area contributed by atoms with Crippen LogP contribution in [-0.2, 0) is 6.54 Å². The van der Waals surface area contributed by atoms with Crippen LogP contribution in [0.3, 0.4) is 0 Å². The Morgan fingerprint density at radius 1 is 1.17 bits per heavy atom. The van der Waals surface area contributed by atoms with Gasteiger partial charge in [-0.2, -0.15) is 0 Å². The average molecular weight is 358 g/mol. The Bertz CT molecular complexity index is 344. The third kappa shape index (κ3) is 4.52. The predicted molar refractivity (Wildman–Crippen MR) is 85.8 cm³/mol. The minimum atomic E-state index is 0.661. The molecule has 1 unspecified atom stereocenters. The van der Waals surface area contributed by atoms with E-state index in [1.807, 2.05) is 0 Å². The molecule has 1 N–H and O–H groups in total. The molecule has 0 saturated carbocycles. The molecule has 2 rings (SSSR count). The van der Waals surface area contributed by atoms with Crippen molar-refractivity contribution in [3.05, 3.63) is 33.4 Å². The Morgan fingerprint density at radius 3 is 2.50 bits per heavy atom. The van der Waals surface area contributed by atoms with E-state index in [4.69, 9.17) is 0 Å². The molecular formula is C15H23IN2. The lowest BCUT2D eigenvalue weighted by molar-refractivity contribution is 0.170.